The van der Waals surface area contributed by atoms with Gasteiger partial charge in [0.25, 0.3) is 5.78 Å². The van der Waals surface area contributed by atoms with Crippen LogP contribution in [0.25, 0.3) is 5.78 Å². The second-order valence-corrected chi connectivity index (χ2v) is 7.32. The molecule has 3 rings (SSSR count). The molecule has 2 aromatic heterocycles. The van der Waals surface area contributed by atoms with Gasteiger partial charge in [-0.05, 0) is 38.7 Å². The van der Waals surface area contributed by atoms with E-state index in [0.29, 0.717) is 23.5 Å². The Balaban J connectivity index is 1.63. The molecule has 0 unspecified atom stereocenters. The molecule has 0 spiro atoms. The number of hydrogen-bond acceptors (Lipinski definition) is 5. The standard InChI is InChI=1S/C16H23N5OS/c1-10-6-4-5-7-13(10)18-14(22)9-23-16-20-19-15-17-11(2)8-12(3)21(15)16/h8,10,13H,4-7,9H2,1-3H3,(H,18,22)/t10-,13-/m1/s1. The Morgan fingerprint density at radius 2 is 2.13 bits per heavy atom. The molecular weight excluding hydrogens is 310 g/mol. The Bertz CT molecular complexity index is 714. The smallest absolute Gasteiger partial charge is 0.256 e. The number of aryl methyl sites for hydroxylation is 2. The van der Waals surface area contributed by atoms with Crippen LogP contribution in [-0.2, 0) is 4.79 Å². The first kappa shape index (κ1) is 16.2. The van der Waals surface area contributed by atoms with Gasteiger partial charge in [0, 0.05) is 17.4 Å². The van der Waals surface area contributed by atoms with Gasteiger partial charge in [-0.15, -0.1) is 10.2 Å². The van der Waals surface area contributed by atoms with Crippen molar-refractivity contribution in [2.24, 2.45) is 5.92 Å². The summed E-state index contributed by atoms with van der Waals surface area (Å²) in [6.07, 6.45) is 4.78. The molecule has 2 heterocycles. The van der Waals surface area contributed by atoms with E-state index in [1.54, 1.807) is 0 Å². The van der Waals surface area contributed by atoms with E-state index in [2.05, 4.69) is 27.4 Å². The van der Waals surface area contributed by atoms with Gasteiger partial charge >= 0.3 is 0 Å². The van der Waals surface area contributed by atoms with Gasteiger partial charge in [0.05, 0.1) is 5.75 Å². The van der Waals surface area contributed by atoms with Gasteiger partial charge < -0.3 is 5.32 Å². The lowest BCUT2D eigenvalue weighted by Gasteiger charge is -2.29. The summed E-state index contributed by atoms with van der Waals surface area (Å²) >= 11 is 1.41. The van der Waals surface area contributed by atoms with Crippen LogP contribution in [0.3, 0.4) is 0 Å². The van der Waals surface area contributed by atoms with Gasteiger partial charge in [0.15, 0.2) is 5.16 Å². The van der Waals surface area contributed by atoms with Crippen LogP contribution in [0, 0.1) is 19.8 Å². The first-order valence-electron chi connectivity index (χ1n) is 8.16. The largest absolute Gasteiger partial charge is 0.352 e. The van der Waals surface area contributed by atoms with E-state index in [4.69, 9.17) is 0 Å². The molecule has 1 aliphatic carbocycles. The van der Waals surface area contributed by atoms with Crippen LogP contribution in [0.4, 0.5) is 0 Å². The lowest BCUT2D eigenvalue weighted by molar-refractivity contribution is -0.119. The van der Waals surface area contributed by atoms with Gasteiger partial charge in [-0.25, -0.2) is 4.98 Å². The highest BCUT2D eigenvalue weighted by molar-refractivity contribution is 7.99. The van der Waals surface area contributed by atoms with Gasteiger partial charge in [0.1, 0.15) is 0 Å². The molecule has 1 aliphatic rings. The van der Waals surface area contributed by atoms with Crippen LogP contribution in [0.1, 0.15) is 44.0 Å². The van der Waals surface area contributed by atoms with Gasteiger partial charge in [0.2, 0.25) is 5.91 Å². The minimum Gasteiger partial charge on any atom is -0.352 e. The van der Waals surface area contributed by atoms with Crippen LogP contribution < -0.4 is 5.32 Å². The van der Waals surface area contributed by atoms with Crippen LogP contribution >= 0.6 is 11.8 Å². The fraction of sp³-hybridized carbons (Fsp3) is 0.625. The highest BCUT2D eigenvalue weighted by Gasteiger charge is 2.23. The molecule has 1 amide bonds. The Labute approximate surface area is 140 Å². The minimum absolute atomic E-state index is 0.0724. The molecule has 0 saturated heterocycles. The summed E-state index contributed by atoms with van der Waals surface area (Å²) in [5, 5.41) is 12.1. The molecular formula is C16H23N5OS. The first-order chi connectivity index (χ1) is 11.0. The van der Waals surface area contributed by atoms with E-state index < -0.39 is 0 Å². The maximum Gasteiger partial charge on any atom is 0.256 e. The van der Waals surface area contributed by atoms with Gasteiger partial charge in [-0.2, -0.15) is 0 Å². The molecule has 1 N–H and O–H groups in total. The Kier molecular flexibility index (Phi) is 4.84. The van der Waals surface area contributed by atoms with Crippen molar-refractivity contribution in [3.63, 3.8) is 0 Å². The Morgan fingerprint density at radius 3 is 2.91 bits per heavy atom. The average Bonchev–Trinajstić information content (AvgIpc) is 2.90. The fourth-order valence-electron chi connectivity index (χ4n) is 3.20. The van der Waals surface area contributed by atoms with Crippen molar-refractivity contribution >= 4 is 23.4 Å². The summed E-state index contributed by atoms with van der Waals surface area (Å²) < 4.78 is 1.90. The minimum atomic E-state index is 0.0724. The maximum absolute atomic E-state index is 12.2. The number of carbonyl (C=O) groups is 1. The number of amides is 1. The number of thioether (sulfide) groups is 1. The highest BCUT2D eigenvalue weighted by atomic mass is 32.2. The molecule has 124 valence electrons. The summed E-state index contributed by atoms with van der Waals surface area (Å²) in [7, 11) is 0. The van der Waals surface area contributed by atoms with Crippen molar-refractivity contribution in [1.82, 2.24) is 24.9 Å². The van der Waals surface area contributed by atoms with E-state index in [1.807, 2.05) is 24.3 Å². The Morgan fingerprint density at radius 1 is 1.35 bits per heavy atom. The fourth-order valence-corrected chi connectivity index (χ4v) is 4.00. The monoisotopic (exact) mass is 333 g/mol. The van der Waals surface area contributed by atoms with Crippen LogP contribution in [0.15, 0.2) is 11.2 Å². The molecule has 2 atom stereocenters. The van der Waals surface area contributed by atoms with E-state index in [1.165, 1.54) is 31.0 Å². The predicted octanol–water partition coefficient (Wildman–Crippen LogP) is 2.53. The third-order valence-electron chi connectivity index (χ3n) is 4.45. The van der Waals surface area contributed by atoms with Crippen molar-refractivity contribution in [2.75, 3.05) is 5.75 Å². The number of aromatic nitrogens is 4. The average molecular weight is 333 g/mol. The Hall–Kier alpha value is -1.63. The number of fused-ring (bicyclic) bond motifs is 1. The zero-order valence-corrected chi connectivity index (χ0v) is 14.7. The van der Waals surface area contributed by atoms with Crippen LogP contribution in [0.5, 0.6) is 0 Å². The summed E-state index contributed by atoms with van der Waals surface area (Å²) in [6.45, 7) is 6.16. The second-order valence-electron chi connectivity index (χ2n) is 6.38. The molecule has 0 aliphatic heterocycles. The van der Waals surface area contributed by atoms with Crippen molar-refractivity contribution < 1.29 is 4.79 Å². The number of carbonyl (C=O) groups excluding carboxylic acids is 1. The molecule has 1 saturated carbocycles. The summed E-state index contributed by atoms with van der Waals surface area (Å²) in [5.41, 5.74) is 1.95. The zero-order chi connectivity index (χ0) is 16.4. The van der Waals surface area contributed by atoms with Crippen molar-refractivity contribution in [2.45, 2.75) is 57.7 Å². The molecule has 2 aromatic rings. The summed E-state index contributed by atoms with van der Waals surface area (Å²) in [5.74, 6) is 1.59. The first-order valence-corrected chi connectivity index (χ1v) is 9.14. The molecule has 1 fully saturated rings. The van der Waals surface area contributed by atoms with E-state index in [-0.39, 0.29) is 5.91 Å². The van der Waals surface area contributed by atoms with Crippen molar-refractivity contribution in [1.29, 1.82) is 0 Å². The number of rotatable bonds is 4. The van der Waals surface area contributed by atoms with E-state index in [0.717, 1.165) is 23.0 Å². The molecule has 6 nitrogen and oxygen atoms in total. The quantitative estimate of drug-likeness (QED) is 0.871. The topological polar surface area (TPSA) is 72.2 Å². The van der Waals surface area contributed by atoms with E-state index in [9.17, 15) is 4.79 Å². The normalized spacial score (nSPS) is 21.5. The highest BCUT2D eigenvalue weighted by Crippen LogP contribution is 2.24. The number of hydrogen-bond donors (Lipinski definition) is 1. The molecule has 23 heavy (non-hydrogen) atoms. The second kappa shape index (κ2) is 6.86. The molecule has 0 aromatic carbocycles. The van der Waals surface area contributed by atoms with Crippen LogP contribution in [0.2, 0.25) is 0 Å². The molecule has 0 bridgehead atoms. The SMILES string of the molecule is Cc1cc(C)n2c(SCC(=O)N[C@@H]3CCCC[C@H]3C)nnc2n1. The third kappa shape index (κ3) is 3.65. The maximum atomic E-state index is 12.2. The van der Waals surface area contributed by atoms with Gasteiger partial charge in [-0.3, -0.25) is 9.20 Å². The van der Waals surface area contributed by atoms with Crippen molar-refractivity contribution in [3.8, 4) is 0 Å². The molecule has 7 heteroatoms. The summed E-state index contributed by atoms with van der Waals surface area (Å²) in [4.78, 5) is 16.6. The third-order valence-corrected chi connectivity index (χ3v) is 5.38. The number of nitrogens with one attached hydrogen (secondary N) is 1. The molecule has 0 radical (unpaired) electrons. The lowest BCUT2D eigenvalue weighted by atomic mass is 9.86. The lowest BCUT2D eigenvalue weighted by Crippen LogP contribution is -2.41. The predicted molar refractivity (Wildman–Crippen MR) is 90.5 cm³/mol. The summed E-state index contributed by atoms with van der Waals surface area (Å²) in [6, 6.07) is 2.31. The van der Waals surface area contributed by atoms with E-state index >= 15 is 0 Å². The van der Waals surface area contributed by atoms with Gasteiger partial charge in [-0.1, -0.05) is 31.5 Å². The van der Waals surface area contributed by atoms with Crippen molar-refractivity contribution in [3.05, 3.63) is 17.5 Å². The van der Waals surface area contributed by atoms with Crippen LogP contribution in [-0.4, -0.2) is 37.3 Å². The number of nitrogens with zero attached hydrogens (tertiary/aromatic N) is 4. The zero-order valence-electron chi connectivity index (χ0n) is 13.9.